The Labute approximate surface area is 554 Å². The first-order valence-corrected chi connectivity index (χ1v) is 39.6. The van der Waals surface area contributed by atoms with Crippen molar-refractivity contribution in [3.63, 3.8) is 0 Å². The molecule has 6 unspecified atom stereocenters. The Balaban J connectivity index is 0.000000470. The molecule has 11 heteroatoms. The van der Waals surface area contributed by atoms with E-state index in [0.29, 0.717) is 50.0 Å². The molecule has 0 saturated heterocycles. The highest BCUT2D eigenvalue weighted by molar-refractivity contribution is 7.53. The number of pyridine rings is 1. The molecule has 0 aliphatic heterocycles. The number of fused-ring (bicyclic) bond motifs is 3. The third kappa shape index (κ3) is 36.5. The van der Waals surface area contributed by atoms with Crippen molar-refractivity contribution in [3.05, 3.63) is 65.5 Å². The quantitative estimate of drug-likeness (QED) is 0.0224. The van der Waals surface area contributed by atoms with Crippen LogP contribution in [0.25, 0.3) is 21.9 Å². The van der Waals surface area contributed by atoms with E-state index in [9.17, 15) is 9.36 Å². The topological polar surface area (TPSA) is 133 Å². The molecule has 0 aliphatic rings. The number of benzene rings is 2. The van der Waals surface area contributed by atoms with Crippen molar-refractivity contribution in [2.24, 2.45) is 47.3 Å². The number of unbranched alkanes of at least 4 members (excludes halogenated alkanes) is 7. The van der Waals surface area contributed by atoms with E-state index >= 15 is 0 Å². The van der Waals surface area contributed by atoms with Gasteiger partial charge in [0.1, 0.15) is 11.3 Å². The highest BCUT2D eigenvalue weighted by Crippen LogP contribution is 2.48. The number of imidazole rings is 1. The van der Waals surface area contributed by atoms with Crippen molar-refractivity contribution in [1.82, 2.24) is 25.2 Å². The van der Waals surface area contributed by atoms with Crippen LogP contribution in [0.3, 0.4) is 0 Å². The first-order chi connectivity index (χ1) is 43.4. The van der Waals surface area contributed by atoms with Crippen molar-refractivity contribution in [3.8, 4) is 0 Å². The van der Waals surface area contributed by atoms with Gasteiger partial charge in [0, 0.05) is 36.5 Å². The van der Waals surface area contributed by atoms with Crippen LogP contribution in [0.2, 0.25) is 0 Å². The van der Waals surface area contributed by atoms with Crippen LogP contribution in [0.1, 0.15) is 317 Å². The first kappa shape index (κ1) is 81.1. The molecule has 0 aliphatic carbocycles. The number of rotatable bonds is 55. The third-order valence-corrected chi connectivity index (χ3v) is 21.1. The SMILES string of the molecule is CCCCc1nc2c(N)nc3ccccc3c2n1Cc1ccc(C(=O)CCCCCCCCCNCCCNCCC)cc1.CCP(=O)(OCCC(C)CCCC(C)CCCC(C)CCCC(C)C)OCCC(C)CCCC(C)CCCC(C)CCCC(C)C. The van der Waals surface area contributed by atoms with Crippen molar-refractivity contribution in [2.75, 3.05) is 51.3 Å². The Kier molecular flexibility index (Phi) is 44.5. The molecule has 4 aromatic rings. The van der Waals surface area contributed by atoms with Crippen LogP contribution in [0.5, 0.6) is 0 Å². The van der Waals surface area contributed by atoms with Gasteiger partial charge in [0.2, 0.25) is 0 Å². The van der Waals surface area contributed by atoms with Gasteiger partial charge in [-0.15, -0.1) is 0 Å². The van der Waals surface area contributed by atoms with E-state index in [1.165, 1.54) is 161 Å². The van der Waals surface area contributed by atoms with Gasteiger partial charge in [0.05, 0.1) is 24.2 Å². The normalized spacial score (nSPS) is 14.7. The summed E-state index contributed by atoms with van der Waals surface area (Å²) < 4.78 is 27.3. The first-order valence-electron chi connectivity index (χ1n) is 37.8. The summed E-state index contributed by atoms with van der Waals surface area (Å²) in [6, 6.07) is 16.3. The molecule has 6 atom stereocenters. The van der Waals surface area contributed by atoms with E-state index in [4.69, 9.17) is 19.8 Å². The second-order valence-electron chi connectivity index (χ2n) is 29.3. The fraction of sp³-hybridized carbons (Fsp3) is 0.785. The van der Waals surface area contributed by atoms with Crippen LogP contribution >= 0.6 is 7.60 Å². The van der Waals surface area contributed by atoms with Gasteiger partial charge in [-0.25, -0.2) is 9.97 Å². The van der Waals surface area contributed by atoms with Crippen molar-refractivity contribution in [1.29, 1.82) is 0 Å². The number of carbonyl (C=O) groups is 1. The molecule has 0 spiro atoms. The summed E-state index contributed by atoms with van der Waals surface area (Å²) in [5.74, 6) is 8.09. The second kappa shape index (κ2) is 49.4. The molecule has 516 valence electrons. The highest BCUT2D eigenvalue weighted by atomic mass is 31.2. The zero-order valence-electron chi connectivity index (χ0n) is 60.7. The number of aryl methyl sites for hydroxylation is 1. The number of hydrogen-bond donors (Lipinski definition) is 3. The lowest BCUT2D eigenvalue weighted by Gasteiger charge is -2.20. The highest BCUT2D eigenvalue weighted by Gasteiger charge is 2.23. The van der Waals surface area contributed by atoms with Gasteiger partial charge in [-0.2, -0.15) is 0 Å². The number of ketones is 1. The molecule has 2 aromatic heterocycles. The average molecular weight is 1270 g/mol. The van der Waals surface area contributed by atoms with Crippen LogP contribution in [-0.2, 0) is 26.6 Å². The van der Waals surface area contributed by atoms with Gasteiger partial charge in [-0.3, -0.25) is 9.36 Å². The van der Waals surface area contributed by atoms with Crippen LogP contribution in [0.15, 0.2) is 48.5 Å². The molecule has 2 heterocycles. The monoisotopic (exact) mass is 1270 g/mol. The summed E-state index contributed by atoms with van der Waals surface area (Å²) in [4.78, 5) is 22.4. The van der Waals surface area contributed by atoms with Gasteiger partial charge in [0.15, 0.2) is 11.6 Å². The number of nitrogens with two attached hydrogens (primary N) is 1. The summed E-state index contributed by atoms with van der Waals surface area (Å²) in [6.45, 7) is 36.4. The number of Topliss-reactive ketones (excluding diaryl/α,β-unsaturated/α-hetero) is 1. The minimum absolute atomic E-state index is 0.245. The maximum absolute atomic E-state index is 13.2. The van der Waals surface area contributed by atoms with Crippen LogP contribution in [0, 0.1) is 47.3 Å². The van der Waals surface area contributed by atoms with Gasteiger partial charge in [-0.05, 0) is 130 Å². The molecule has 2 aromatic carbocycles. The van der Waals surface area contributed by atoms with Crippen molar-refractivity contribution in [2.45, 2.75) is 308 Å². The lowest BCUT2D eigenvalue weighted by Crippen LogP contribution is -2.23. The van der Waals surface area contributed by atoms with Crippen LogP contribution in [0.4, 0.5) is 5.82 Å². The number of aromatic nitrogens is 3. The van der Waals surface area contributed by atoms with Crippen LogP contribution in [-0.4, -0.2) is 65.9 Å². The van der Waals surface area contributed by atoms with E-state index in [1.807, 2.05) is 37.3 Å². The standard InChI is InChI=1S/C42H87O3P.C37H54N6O/c1-12-46(43,44-33-31-41(10)29-17-27-39(8)25-15-23-37(6)21-13-19-35(2)3)45-34-32-42(11)30-18-28-40(9)26-16-24-38(7)22-14-20-36(4)5;1-3-5-19-34-42-35-36(31-16-12-13-17-32(31)41-37(35)38)43(34)28-29-20-22-30(23-21-29)33(44)18-11-9-7-6-8-10-14-25-40-27-15-26-39-24-4-2/h35-42H,12-34H2,1-11H3;12-13,16-17,20-23,39-40H,3-11,14-15,18-19,24-28H2,1-2H3,(H2,38,41). The van der Waals surface area contributed by atoms with Gasteiger partial charge in [0.25, 0.3) is 0 Å². The maximum atomic E-state index is 13.2. The minimum atomic E-state index is -2.96. The summed E-state index contributed by atoms with van der Waals surface area (Å²) in [7, 11) is -2.96. The molecule has 4 rings (SSSR count). The van der Waals surface area contributed by atoms with Crippen LogP contribution < -0.4 is 16.4 Å². The Morgan fingerprint density at radius 3 is 1.42 bits per heavy atom. The zero-order valence-corrected chi connectivity index (χ0v) is 61.6. The lowest BCUT2D eigenvalue weighted by molar-refractivity contribution is 0.0979. The number of hydrogen-bond acceptors (Lipinski definition) is 9. The Bertz CT molecular complexity index is 2400. The largest absolute Gasteiger partial charge is 0.382 e. The summed E-state index contributed by atoms with van der Waals surface area (Å²) >= 11 is 0. The zero-order chi connectivity index (χ0) is 65.8. The number of nitrogen functional groups attached to an aromatic ring is 1. The third-order valence-electron chi connectivity index (χ3n) is 19.2. The lowest BCUT2D eigenvalue weighted by atomic mass is 9.91. The number of para-hydroxylation sites is 1. The number of anilines is 1. The molecule has 4 N–H and O–H groups in total. The van der Waals surface area contributed by atoms with Crippen molar-refractivity contribution >= 4 is 41.1 Å². The maximum Gasteiger partial charge on any atom is 0.330 e. The fourth-order valence-electron chi connectivity index (χ4n) is 12.8. The Hall–Kier alpha value is -3.14. The van der Waals surface area contributed by atoms with Gasteiger partial charge < -0.3 is 30.0 Å². The molecule has 90 heavy (non-hydrogen) atoms. The van der Waals surface area contributed by atoms with E-state index < -0.39 is 7.60 Å². The molecular weight excluding hydrogens is 1130 g/mol. The predicted octanol–water partition coefficient (Wildman–Crippen LogP) is 23.0. The second-order valence-corrected chi connectivity index (χ2v) is 31.7. The van der Waals surface area contributed by atoms with E-state index in [0.717, 1.165) is 146 Å². The number of nitrogens with zero attached hydrogens (tertiary/aromatic N) is 3. The predicted molar refractivity (Wildman–Crippen MR) is 393 cm³/mol. The summed E-state index contributed by atoms with van der Waals surface area (Å²) in [5, 5.41) is 8.06. The molecule has 0 radical (unpaired) electrons. The number of nitrogens with one attached hydrogen (secondary N) is 2. The number of carbonyl (C=O) groups excluding carboxylic acids is 1. The van der Waals surface area contributed by atoms with E-state index in [-0.39, 0.29) is 5.78 Å². The summed E-state index contributed by atoms with van der Waals surface area (Å²) in [5.41, 5.74) is 11.0. The van der Waals surface area contributed by atoms with Gasteiger partial charge >= 0.3 is 7.60 Å². The molecule has 0 bridgehead atoms. The minimum Gasteiger partial charge on any atom is -0.382 e. The van der Waals surface area contributed by atoms with E-state index in [2.05, 4.69) is 121 Å². The molecule has 0 fully saturated rings. The van der Waals surface area contributed by atoms with Crippen molar-refractivity contribution < 1.29 is 18.4 Å². The molecule has 0 saturated carbocycles. The average Bonchev–Trinajstić information content (AvgIpc) is 1.57. The molecule has 10 nitrogen and oxygen atoms in total. The van der Waals surface area contributed by atoms with E-state index in [1.54, 1.807) is 0 Å². The Morgan fingerprint density at radius 2 is 0.944 bits per heavy atom. The molecule has 0 amide bonds. The fourth-order valence-corrected chi connectivity index (χ4v) is 14.0. The molecular formula is C79H141N6O4P. The smallest absolute Gasteiger partial charge is 0.330 e. The Morgan fingerprint density at radius 1 is 0.500 bits per heavy atom. The van der Waals surface area contributed by atoms with Gasteiger partial charge in [-0.1, -0.05) is 287 Å². The summed E-state index contributed by atoms with van der Waals surface area (Å²) in [6.07, 6.45) is 41.3.